The summed E-state index contributed by atoms with van der Waals surface area (Å²) in [6.45, 7) is 2.81. The molecule has 1 atom stereocenters. The standard InChI is InChI=1S/C29H30O3S/c1-21-11-13-23(14-12-21)29-28(26-9-5-6-10-27(26)33(29)30)32-25-17-15-24(16-18-25)31-20-19-22-7-3-2-4-8-22/h5-6,9-18,22H,2-4,7-8,19-20H2,1H3. The van der Waals surface area contributed by atoms with Crippen molar-refractivity contribution >= 4 is 21.5 Å². The zero-order valence-corrected chi connectivity index (χ0v) is 19.9. The number of ether oxygens (including phenoxy) is 2. The van der Waals surface area contributed by atoms with Crippen molar-refractivity contribution in [2.75, 3.05) is 6.61 Å². The lowest BCUT2D eigenvalue weighted by Crippen LogP contribution is -2.10. The van der Waals surface area contributed by atoms with Gasteiger partial charge in [0.05, 0.1) is 27.2 Å². The molecular weight excluding hydrogens is 428 g/mol. The van der Waals surface area contributed by atoms with Crippen LogP contribution in [-0.2, 0) is 10.8 Å². The smallest absolute Gasteiger partial charge is 0.152 e. The maximum atomic E-state index is 13.3. The van der Waals surface area contributed by atoms with Crippen molar-refractivity contribution in [3.8, 4) is 11.5 Å². The maximum Gasteiger partial charge on any atom is 0.152 e. The molecule has 170 valence electrons. The van der Waals surface area contributed by atoms with Crippen molar-refractivity contribution in [2.45, 2.75) is 50.3 Å². The molecule has 1 heterocycles. The summed E-state index contributed by atoms with van der Waals surface area (Å²) in [5.41, 5.74) is 2.98. The first-order valence-corrected chi connectivity index (χ1v) is 13.1. The predicted molar refractivity (Wildman–Crippen MR) is 135 cm³/mol. The van der Waals surface area contributed by atoms with Crippen molar-refractivity contribution in [1.82, 2.24) is 0 Å². The van der Waals surface area contributed by atoms with Crippen LogP contribution in [0.5, 0.6) is 11.5 Å². The Balaban J connectivity index is 1.33. The molecule has 0 amide bonds. The zero-order chi connectivity index (χ0) is 22.6. The quantitative estimate of drug-likeness (QED) is 0.371. The van der Waals surface area contributed by atoms with E-state index in [9.17, 15) is 4.21 Å². The monoisotopic (exact) mass is 458 g/mol. The molecule has 0 bridgehead atoms. The molecule has 2 aliphatic rings. The SMILES string of the molecule is Cc1ccc(C2=C(Oc3ccc(OCCC4CCCCC4)cc3)c3ccccc3S2=O)cc1. The molecule has 1 fully saturated rings. The minimum absolute atomic E-state index is 0.666. The Labute approximate surface area is 198 Å². The van der Waals surface area contributed by atoms with Gasteiger partial charge in [-0.15, -0.1) is 0 Å². The summed E-state index contributed by atoms with van der Waals surface area (Å²) in [6, 6.07) is 23.7. The van der Waals surface area contributed by atoms with Gasteiger partial charge in [0.1, 0.15) is 11.5 Å². The van der Waals surface area contributed by atoms with E-state index in [1.165, 1.54) is 37.7 Å². The highest BCUT2D eigenvalue weighted by molar-refractivity contribution is 7.95. The Morgan fingerprint density at radius 3 is 2.30 bits per heavy atom. The van der Waals surface area contributed by atoms with E-state index < -0.39 is 10.8 Å². The first kappa shape index (κ1) is 22.0. The average Bonchev–Trinajstić information content (AvgIpc) is 3.13. The van der Waals surface area contributed by atoms with Crippen LogP contribution >= 0.6 is 0 Å². The third kappa shape index (κ3) is 4.91. The molecule has 3 nitrogen and oxygen atoms in total. The first-order valence-electron chi connectivity index (χ1n) is 11.9. The molecule has 0 N–H and O–H groups in total. The fourth-order valence-electron chi connectivity index (χ4n) is 4.72. The molecule has 3 aromatic rings. The summed E-state index contributed by atoms with van der Waals surface area (Å²) in [5, 5.41) is 0. The fraction of sp³-hybridized carbons (Fsp3) is 0.310. The van der Waals surface area contributed by atoms with Crippen LogP contribution in [0.15, 0.2) is 77.7 Å². The second-order valence-electron chi connectivity index (χ2n) is 9.00. The number of benzene rings is 3. The largest absolute Gasteiger partial charge is 0.494 e. The molecule has 33 heavy (non-hydrogen) atoms. The van der Waals surface area contributed by atoms with E-state index in [0.29, 0.717) is 11.5 Å². The van der Waals surface area contributed by atoms with Crippen LogP contribution < -0.4 is 9.47 Å². The lowest BCUT2D eigenvalue weighted by Gasteiger charge is -2.21. The van der Waals surface area contributed by atoms with Gasteiger partial charge in [-0.3, -0.25) is 0 Å². The van der Waals surface area contributed by atoms with Gasteiger partial charge in [0, 0.05) is 5.56 Å². The van der Waals surface area contributed by atoms with Gasteiger partial charge in [-0.25, -0.2) is 4.21 Å². The molecule has 4 heteroatoms. The van der Waals surface area contributed by atoms with Crippen molar-refractivity contribution in [1.29, 1.82) is 0 Å². The van der Waals surface area contributed by atoms with Gasteiger partial charge in [-0.1, -0.05) is 74.1 Å². The van der Waals surface area contributed by atoms with Gasteiger partial charge >= 0.3 is 0 Å². The molecule has 5 rings (SSSR count). The van der Waals surface area contributed by atoms with E-state index in [4.69, 9.17) is 9.47 Å². The summed E-state index contributed by atoms with van der Waals surface area (Å²) in [5.74, 6) is 3.06. The predicted octanol–water partition coefficient (Wildman–Crippen LogP) is 7.37. The van der Waals surface area contributed by atoms with E-state index in [2.05, 4.69) is 6.92 Å². The van der Waals surface area contributed by atoms with Crippen molar-refractivity contribution in [3.63, 3.8) is 0 Å². The molecule has 0 aromatic heterocycles. The van der Waals surface area contributed by atoms with E-state index in [-0.39, 0.29) is 0 Å². The average molecular weight is 459 g/mol. The fourth-order valence-corrected chi connectivity index (χ4v) is 6.17. The van der Waals surface area contributed by atoms with Gasteiger partial charge in [-0.05, 0) is 61.2 Å². The van der Waals surface area contributed by atoms with Gasteiger partial charge in [0.2, 0.25) is 0 Å². The van der Waals surface area contributed by atoms with Crippen molar-refractivity contribution in [2.24, 2.45) is 5.92 Å². The van der Waals surface area contributed by atoms with Crippen LogP contribution in [0, 0.1) is 12.8 Å². The summed E-state index contributed by atoms with van der Waals surface area (Å²) >= 11 is 0. The lowest BCUT2D eigenvalue weighted by molar-refractivity contribution is 0.246. The molecule has 1 aliphatic carbocycles. The first-order chi connectivity index (χ1) is 16.2. The summed E-state index contributed by atoms with van der Waals surface area (Å²) in [6.07, 6.45) is 7.94. The Bertz CT molecular complexity index is 1160. The highest BCUT2D eigenvalue weighted by Gasteiger charge is 2.31. The number of aryl methyl sites for hydroxylation is 1. The highest BCUT2D eigenvalue weighted by atomic mass is 32.2. The van der Waals surface area contributed by atoms with Gasteiger partial charge in [0.15, 0.2) is 5.76 Å². The molecule has 1 unspecified atom stereocenters. The number of hydrogen-bond acceptors (Lipinski definition) is 3. The van der Waals surface area contributed by atoms with Crippen LogP contribution in [-0.4, -0.2) is 10.8 Å². The molecule has 1 saturated carbocycles. The molecule has 0 saturated heterocycles. The minimum Gasteiger partial charge on any atom is -0.494 e. The van der Waals surface area contributed by atoms with E-state index in [0.717, 1.165) is 45.6 Å². The number of rotatable bonds is 7. The summed E-state index contributed by atoms with van der Waals surface area (Å²) < 4.78 is 25.7. The Hall–Kier alpha value is -2.85. The third-order valence-corrected chi connectivity index (χ3v) is 8.15. The Kier molecular flexibility index (Phi) is 6.63. The van der Waals surface area contributed by atoms with Crippen LogP contribution in [0.25, 0.3) is 10.7 Å². The topological polar surface area (TPSA) is 35.5 Å². The van der Waals surface area contributed by atoms with Gasteiger partial charge in [0.25, 0.3) is 0 Å². The highest BCUT2D eigenvalue weighted by Crippen LogP contribution is 2.42. The Morgan fingerprint density at radius 1 is 0.848 bits per heavy atom. The zero-order valence-electron chi connectivity index (χ0n) is 19.1. The van der Waals surface area contributed by atoms with Crippen LogP contribution in [0.4, 0.5) is 0 Å². The molecule has 1 aliphatic heterocycles. The van der Waals surface area contributed by atoms with Crippen LogP contribution in [0.3, 0.4) is 0 Å². The molecule has 0 radical (unpaired) electrons. The summed E-state index contributed by atoms with van der Waals surface area (Å²) in [4.78, 5) is 1.52. The number of fused-ring (bicyclic) bond motifs is 1. The molecular formula is C29H30O3S. The lowest BCUT2D eigenvalue weighted by atomic mass is 9.87. The minimum atomic E-state index is -1.28. The van der Waals surface area contributed by atoms with E-state index >= 15 is 0 Å². The number of hydrogen-bond donors (Lipinski definition) is 0. The van der Waals surface area contributed by atoms with Gasteiger partial charge in [-0.2, -0.15) is 0 Å². The van der Waals surface area contributed by atoms with Crippen LogP contribution in [0.1, 0.15) is 55.2 Å². The molecule has 3 aromatic carbocycles. The Morgan fingerprint density at radius 2 is 1.55 bits per heavy atom. The second kappa shape index (κ2) is 9.96. The second-order valence-corrected chi connectivity index (χ2v) is 10.4. The van der Waals surface area contributed by atoms with Gasteiger partial charge < -0.3 is 9.47 Å². The van der Waals surface area contributed by atoms with Crippen LogP contribution in [0.2, 0.25) is 0 Å². The maximum absolute atomic E-state index is 13.3. The normalized spacial score (nSPS) is 18.3. The van der Waals surface area contributed by atoms with E-state index in [1.807, 2.05) is 72.8 Å². The van der Waals surface area contributed by atoms with E-state index in [1.54, 1.807) is 0 Å². The van der Waals surface area contributed by atoms with Crippen molar-refractivity contribution < 1.29 is 13.7 Å². The third-order valence-electron chi connectivity index (χ3n) is 6.60. The van der Waals surface area contributed by atoms with Crippen molar-refractivity contribution in [3.05, 3.63) is 89.5 Å². The summed E-state index contributed by atoms with van der Waals surface area (Å²) in [7, 11) is -1.28. The molecule has 0 spiro atoms.